The minimum absolute atomic E-state index is 0.0875. The number of rotatable bonds is 11. The average molecular weight is 668 g/mol. The molecule has 1 aromatic carbocycles. The molecule has 0 aliphatic heterocycles. The summed E-state index contributed by atoms with van der Waals surface area (Å²) < 4.78 is 94.7. The van der Waals surface area contributed by atoms with Gasteiger partial charge in [-0.3, -0.25) is 4.57 Å². The normalized spacial score (nSPS) is 12.4. The van der Waals surface area contributed by atoms with E-state index >= 15 is 4.39 Å². The molecule has 18 heteroatoms. The van der Waals surface area contributed by atoms with Crippen molar-refractivity contribution in [2.45, 2.75) is 45.9 Å². The van der Waals surface area contributed by atoms with Crippen LogP contribution in [0.15, 0.2) is 47.5 Å². The van der Waals surface area contributed by atoms with Gasteiger partial charge in [-0.05, 0) is 19.4 Å². The summed E-state index contributed by atoms with van der Waals surface area (Å²) in [6.07, 6.45) is -5.85. The molecule has 5 rings (SSSR count). The van der Waals surface area contributed by atoms with Gasteiger partial charge in [0.2, 0.25) is 11.8 Å². The molecule has 242 valence electrons. The average Bonchev–Trinajstić information content (AvgIpc) is 3.35. The second-order valence-corrected chi connectivity index (χ2v) is 9.87. The van der Waals surface area contributed by atoms with Gasteiger partial charge < -0.3 is 18.9 Å². The highest BCUT2D eigenvalue weighted by molar-refractivity contribution is 6.33. The van der Waals surface area contributed by atoms with Crippen LogP contribution in [0.4, 0.5) is 22.0 Å². The zero-order chi connectivity index (χ0) is 33.2. The third kappa shape index (κ3) is 6.41. The second kappa shape index (κ2) is 13.2. The van der Waals surface area contributed by atoms with E-state index in [0.717, 1.165) is 11.8 Å². The molecule has 12 nitrogen and oxygen atoms in total. The van der Waals surface area contributed by atoms with Crippen LogP contribution in [0.5, 0.6) is 23.4 Å². The quantitative estimate of drug-likeness (QED) is 0.165. The summed E-state index contributed by atoms with van der Waals surface area (Å²) in [5, 5.41) is 9.91. The van der Waals surface area contributed by atoms with Crippen molar-refractivity contribution in [3.63, 3.8) is 0 Å². The molecule has 0 spiro atoms. The number of hydrogen-bond donors (Lipinski definition) is 0. The predicted molar refractivity (Wildman–Crippen MR) is 151 cm³/mol. The highest BCUT2D eigenvalue weighted by Gasteiger charge is 2.39. The van der Waals surface area contributed by atoms with E-state index in [0.29, 0.717) is 17.8 Å². The van der Waals surface area contributed by atoms with E-state index in [9.17, 15) is 22.4 Å². The lowest BCUT2D eigenvalue weighted by molar-refractivity contribution is -0.189. The molecule has 0 bridgehead atoms. The van der Waals surface area contributed by atoms with Gasteiger partial charge in [-0.15, -0.1) is 10.2 Å². The van der Waals surface area contributed by atoms with Crippen molar-refractivity contribution < 1.29 is 40.9 Å². The largest absolute Gasteiger partial charge is 0.480 e. The summed E-state index contributed by atoms with van der Waals surface area (Å²) in [6.45, 7) is 2.42. The van der Waals surface area contributed by atoms with Gasteiger partial charge in [0.15, 0.2) is 35.1 Å². The Hall–Kier alpha value is -4.90. The van der Waals surface area contributed by atoms with Crippen molar-refractivity contribution in [2.75, 3.05) is 7.11 Å². The van der Waals surface area contributed by atoms with Crippen LogP contribution in [0.3, 0.4) is 0 Å². The van der Waals surface area contributed by atoms with Crippen LogP contribution in [0.1, 0.15) is 25.2 Å². The monoisotopic (exact) mass is 667 g/mol. The van der Waals surface area contributed by atoms with Gasteiger partial charge in [-0.25, -0.2) is 18.6 Å². The first-order valence-corrected chi connectivity index (χ1v) is 13.8. The van der Waals surface area contributed by atoms with Gasteiger partial charge in [0, 0.05) is 6.54 Å². The van der Waals surface area contributed by atoms with Gasteiger partial charge in [-0.2, -0.15) is 27.9 Å². The molecule has 1 atom stereocenters. The number of benzene rings is 1. The minimum atomic E-state index is -4.90. The van der Waals surface area contributed by atoms with Gasteiger partial charge in [0.1, 0.15) is 17.0 Å². The third-order valence-electron chi connectivity index (χ3n) is 6.51. The Morgan fingerprint density at radius 2 is 1.78 bits per heavy atom. The van der Waals surface area contributed by atoms with E-state index in [1.807, 2.05) is 30.3 Å². The summed E-state index contributed by atoms with van der Waals surface area (Å²) in [6, 6.07) is 9.14. The molecule has 4 aromatic heterocycles. The SMILES string of the molecule is CCn1c(COCc2ccccc2)nn(-c2nc(O[C@@H](C)C(F)(F)F)c3c(Oc4c(F)cnc(OC)c4Cl)nncc3c2F)c1=O. The van der Waals surface area contributed by atoms with Crippen molar-refractivity contribution in [2.24, 2.45) is 0 Å². The van der Waals surface area contributed by atoms with E-state index < -0.39 is 68.7 Å². The number of aromatic nitrogens is 7. The van der Waals surface area contributed by atoms with Gasteiger partial charge in [0.05, 0.1) is 31.5 Å². The molecule has 0 aliphatic rings. The van der Waals surface area contributed by atoms with Gasteiger partial charge >= 0.3 is 11.9 Å². The Balaban J connectivity index is 1.64. The molecule has 0 saturated carbocycles. The minimum Gasteiger partial charge on any atom is -0.480 e. The Bertz CT molecular complexity index is 1940. The lowest BCUT2D eigenvalue weighted by Gasteiger charge is -2.19. The third-order valence-corrected chi connectivity index (χ3v) is 6.85. The molecular weight excluding hydrogens is 645 g/mol. The van der Waals surface area contributed by atoms with Crippen molar-refractivity contribution in [3.8, 4) is 29.2 Å². The number of ether oxygens (including phenoxy) is 4. The molecule has 0 fully saturated rings. The molecule has 0 unspecified atom stereocenters. The van der Waals surface area contributed by atoms with Gasteiger partial charge in [-0.1, -0.05) is 41.9 Å². The maximum Gasteiger partial charge on any atom is 0.425 e. The highest BCUT2D eigenvalue weighted by Crippen LogP contribution is 2.41. The first-order chi connectivity index (χ1) is 21.9. The number of halogens is 6. The molecule has 0 amide bonds. The van der Waals surface area contributed by atoms with E-state index in [1.165, 1.54) is 11.7 Å². The summed E-state index contributed by atoms with van der Waals surface area (Å²) in [5.41, 5.74) is -0.0155. The summed E-state index contributed by atoms with van der Waals surface area (Å²) in [7, 11) is 1.20. The zero-order valence-electron chi connectivity index (χ0n) is 24.2. The number of fused-ring (bicyclic) bond motifs is 1. The van der Waals surface area contributed by atoms with Crippen LogP contribution in [-0.2, 0) is 24.5 Å². The summed E-state index contributed by atoms with van der Waals surface area (Å²) >= 11 is 6.13. The van der Waals surface area contributed by atoms with E-state index in [2.05, 4.69) is 25.3 Å². The van der Waals surface area contributed by atoms with Crippen LogP contribution < -0.4 is 19.9 Å². The Kier molecular flexibility index (Phi) is 9.34. The number of nitrogens with zero attached hydrogens (tertiary/aromatic N) is 7. The predicted octanol–water partition coefficient (Wildman–Crippen LogP) is 5.57. The van der Waals surface area contributed by atoms with E-state index in [1.54, 1.807) is 6.92 Å². The van der Waals surface area contributed by atoms with Crippen molar-refractivity contribution >= 4 is 22.4 Å². The summed E-state index contributed by atoms with van der Waals surface area (Å²) in [5.74, 6) is -5.65. The summed E-state index contributed by atoms with van der Waals surface area (Å²) in [4.78, 5) is 20.9. The first kappa shape index (κ1) is 32.5. The smallest absolute Gasteiger partial charge is 0.425 e. The van der Waals surface area contributed by atoms with Crippen LogP contribution in [-0.4, -0.2) is 53.9 Å². The fourth-order valence-corrected chi connectivity index (χ4v) is 4.45. The van der Waals surface area contributed by atoms with Crippen LogP contribution >= 0.6 is 11.6 Å². The molecule has 0 aliphatic carbocycles. The maximum atomic E-state index is 16.2. The van der Waals surface area contributed by atoms with Crippen molar-refractivity contribution in [1.29, 1.82) is 0 Å². The van der Waals surface area contributed by atoms with Crippen LogP contribution in [0, 0.1) is 11.6 Å². The fraction of sp³-hybridized carbons (Fsp3) is 0.286. The standard InChI is InChI=1S/C28H23ClF5N7O5/c1-4-40-18(13-44-12-15-8-6-5-7-9-15)39-41(27(40)42)23-21(31)16-10-36-38-25(19(16)24(37-23)45-14(2)28(32,33)34)46-22-17(30)11-35-26(43-3)20(22)29/h5-11,14H,4,12-13H2,1-3H3/t14-/m0/s1. The van der Waals surface area contributed by atoms with E-state index in [4.69, 9.17) is 30.5 Å². The van der Waals surface area contributed by atoms with Gasteiger partial charge in [0.25, 0.3) is 5.88 Å². The van der Waals surface area contributed by atoms with E-state index in [-0.39, 0.29) is 31.5 Å². The Morgan fingerprint density at radius 1 is 1.04 bits per heavy atom. The fourth-order valence-electron chi connectivity index (χ4n) is 4.19. The lowest BCUT2D eigenvalue weighted by Crippen LogP contribution is -2.32. The zero-order valence-corrected chi connectivity index (χ0v) is 24.9. The number of alkyl halides is 3. The van der Waals surface area contributed by atoms with Crippen LogP contribution in [0.25, 0.3) is 16.6 Å². The second-order valence-electron chi connectivity index (χ2n) is 9.49. The lowest BCUT2D eigenvalue weighted by atomic mass is 10.2. The molecule has 0 N–H and O–H groups in total. The number of hydrogen-bond acceptors (Lipinski definition) is 10. The first-order valence-electron chi connectivity index (χ1n) is 13.4. The highest BCUT2D eigenvalue weighted by atomic mass is 35.5. The molecule has 5 aromatic rings. The van der Waals surface area contributed by atoms with Crippen molar-refractivity contribution in [3.05, 3.63) is 81.3 Å². The number of pyridine rings is 2. The molecule has 46 heavy (non-hydrogen) atoms. The number of methoxy groups -OCH3 is 1. The Labute approximate surface area is 261 Å². The molecule has 0 saturated heterocycles. The maximum absolute atomic E-state index is 16.2. The Morgan fingerprint density at radius 3 is 2.46 bits per heavy atom. The topological polar surface area (TPSA) is 128 Å². The molecule has 0 radical (unpaired) electrons. The van der Waals surface area contributed by atoms with Crippen LogP contribution in [0.2, 0.25) is 5.02 Å². The molecule has 4 heterocycles. The van der Waals surface area contributed by atoms with Crippen molar-refractivity contribution in [1.82, 2.24) is 34.5 Å². The molecular formula is C28H23ClF5N7O5.